The van der Waals surface area contributed by atoms with E-state index in [1.54, 1.807) is 46.8 Å². The Kier molecular flexibility index (Phi) is 5.96. The molecule has 1 aromatic rings. The van der Waals surface area contributed by atoms with Crippen molar-refractivity contribution in [1.29, 1.82) is 0 Å². The molecule has 0 saturated carbocycles. The first kappa shape index (κ1) is 20.2. The lowest BCUT2D eigenvalue weighted by Crippen LogP contribution is -2.52. The third kappa shape index (κ3) is 4.97. The molecule has 142 valence electrons. The molecule has 1 aromatic carbocycles. The lowest BCUT2D eigenvalue weighted by atomic mass is 9.97. The predicted octanol–water partition coefficient (Wildman–Crippen LogP) is 2.90. The van der Waals surface area contributed by atoms with Crippen molar-refractivity contribution in [2.75, 3.05) is 0 Å². The van der Waals surface area contributed by atoms with Gasteiger partial charge in [-0.15, -0.1) is 0 Å². The molecule has 7 heteroatoms. The van der Waals surface area contributed by atoms with E-state index in [0.717, 1.165) is 0 Å². The number of carbonyl (C=O) groups is 3. The average Bonchev–Trinajstić information content (AvgIpc) is 2.50. The van der Waals surface area contributed by atoms with Crippen LogP contribution in [0.15, 0.2) is 18.2 Å². The largest absolute Gasteiger partial charge is 0.458 e. The Bertz CT molecular complexity index is 723. The highest BCUT2D eigenvalue weighted by Crippen LogP contribution is 2.24. The lowest BCUT2D eigenvalue weighted by Gasteiger charge is -2.29. The minimum atomic E-state index is -1.00. The molecular weight excluding hydrogens is 358 g/mol. The van der Waals surface area contributed by atoms with E-state index in [1.807, 2.05) is 0 Å². The molecule has 1 aliphatic rings. The number of hydrogen-bond donors (Lipinski definition) is 1. The van der Waals surface area contributed by atoms with E-state index >= 15 is 0 Å². The zero-order valence-corrected chi connectivity index (χ0v) is 16.3. The van der Waals surface area contributed by atoms with Gasteiger partial charge in [-0.25, -0.2) is 9.59 Å². The molecule has 2 rings (SSSR count). The summed E-state index contributed by atoms with van der Waals surface area (Å²) in [5.74, 6) is -1.83. The Morgan fingerprint density at radius 2 is 1.96 bits per heavy atom. The number of benzene rings is 1. The molecule has 0 bridgehead atoms. The average molecular weight is 382 g/mol. The first-order valence-corrected chi connectivity index (χ1v) is 8.88. The van der Waals surface area contributed by atoms with Gasteiger partial charge < -0.3 is 14.8 Å². The molecule has 0 radical (unpaired) electrons. The molecule has 1 unspecified atom stereocenters. The summed E-state index contributed by atoms with van der Waals surface area (Å²) in [5.41, 5.74) is 0.378. The Morgan fingerprint density at radius 1 is 1.31 bits per heavy atom. The number of ether oxygens (including phenoxy) is 2. The molecule has 1 aliphatic heterocycles. The molecule has 0 aromatic heterocycles. The van der Waals surface area contributed by atoms with Gasteiger partial charge in [0, 0.05) is 11.4 Å². The molecule has 1 N–H and O–H groups in total. The van der Waals surface area contributed by atoms with Crippen LogP contribution in [0.5, 0.6) is 0 Å². The van der Waals surface area contributed by atoms with E-state index in [1.165, 1.54) is 6.07 Å². The van der Waals surface area contributed by atoms with E-state index in [0.29, 0.717) is 16.1 Å². The van der Waals surface area contributed by atoms with Crippen LogP contribution in [-0.4, -0.2) is 35.6 Å². The Labute approximate surface area is 158 Å². The number of cyclic esters (lactones) is 1. The molecule has 1 heterocycles. The lowest BCUT2D eigenvalue weighted by molar-refractivity contribution is -0.160. The second-order valence-electron chi connectivity index (χ2n) is 7.66. The molecule has 0 spiro atoms. The van der Waals surface area contributed by atoms with Crippen molar-refractivity contribution in [2.45, 2.75) is 58.8 Å². The van der Waals surface area contributed by atoms with Gasteiger partial charge in [0.2, 0.25) is 0 Å². The Hall–Kier alpha value is -2.08. The fourth-order valence-corrected chi connectivity index (χ4v) is 2.78. The van der Waals surface area contributed by atoms with Gasteiger partial charge in [-0.05, 0) is 44.4 Å². The van der Waals surface area contributed by atoms with E-state index in [2.05, 4.69) is 5.32 Å². The zero-order valence-electron chi connectivity index (χ0n) is 15.6. The van der Waals surface area contributed by atoms with Crippen LogP contribution in [0.1, 0.15) is 50.5 Å². The SMILES string of the molecule is CC(C)[C@@H](NC(=O)C1Cc2ccc(Cl)cc2C(=O)O1)C(=O)OC(C)(C)C. The van der Waals surface area contributed by atoms with Crippen molar-refractivity contribution >= 4 is 29.4 Å². The van der Waals surface area contributed by atoms with Gasteiger partial charge in [0.15, 0.2) is 6.10 Å². The highest BCUT2D eigenvalue weighted by Gasteiger charge is 2.35. The zero-order chi connectivity index (χ0) is 19.6. The van der Waals surface area contributed by atoms with Gasteiger partial charge in [-0.3, -0.25) is 4.79 Å². The summed E-state index contributed by atoms with van der Waals surface area (Å²) < 4.78 is 10.6. The van der Waals surface area contributed by atoms with Gasteiger partial charge in [-0.2, -0.15) is 0 Å². The minimum Gasteiger partial charge on any atom is -0.458 e. The van der Waals surface area contributed by atoms with E-state index in [-0.39, 0.29) is 12.3 Å². The summed E-state index contributed by atoms with van der Waals surface area (Å²) in [5, 5.41) is 3.08. The third-order valence-electron chi connectivity index (χ3n) is 3.86. The number of esters is 2. The van der Waals surface area contributed by atoms with Crippen molar-refractivity contribution < 1.29 is 23.9 Å². The fourth-order valence-electron chi connectivity index (χ4n) is 2.61. The quantitative estimate of drug-likeness (QED) is 0.811. The third-order valence-corrected chi connectivity index (χ3v) is 4.10. The number of hydrogen-bond acceptors (Lipinski definition) is 5. The van der Waals surface area contributed by atoms with Gasteiger partial charge in [0.25, 0.3) is 5.91 Å². The molecule has 1 amide bonds. The van der Waals surface area contributed by atoms with Crippen LogP contribution in [0, 0.1) is 5.92 Å². The normalized spacial score (nSPS) is 18.0. The van der Waals surface area contributed by atoms with Crippen molar-refractivity contribution in [1.82, 2.24) is 5.32 Å². The Balaban J connectivity index is 2.12. The molecule has 0 fully saturated rings. The molecule has 0 saturated heterocycles. The van der Waals surface area contributed by atoms with Gasteiger partial charge in [0.1, 0.15) is 11.6 Å². The number of amides is 1. The van der Waals surface area contributed by atoms with E-state index in [4.69, 9.17) is 21.1 Å². The number of carbonyl (C=O) groups excluding carboxylic acids is 3. The molecule has 0 aliphatic carbocycles. The van der Waals surface area contributed by atoms with E-state index < -0.39 is 35.6 Å². The number of rotatable bonds is 4. The standard InChI is InChI=1S/C19H24ClNO5/c1-10(2)15(18(24)26-19(3,4)5)21-16(22)14-8-11-6-7-12(20)9-13(11)17(23)25-14/h6-7,9-10,14-15H,8H2,1-5H3,(H,21,22)/t14?,15-/m1/s1. The highest BCUT2D eigenvalue weighted by atomic mass is 35.5. The van der Waals surface area contributed by atoms with Crippen molar-refractivity contribution in [3.05, 3.63) is 34.3 Å². The maximum atomic E-state index is 12.6. The Morgan fingerprint density at radius 3 is 2.54 bits per heavy atom. The molecular formula is C19H24ClNO5. The van der Waals surface area contributed by atoms with E-state index in [9.17, 15) is 14.4 Å². The van der Waals surface area contributed by atoms with Crippen LogP contribution < -0.4 is 5.32 Å². The summed E-state index contributed by atoms with van der Waals surface area (Å²) >= 11 is 5.89. The number of halogens is 1. The molecule has 26 heavy (non-hydrogen) atoms. The van der Waals surface area contributed by atoms with Crippen LogP contribution >= 0.6 is 11.6 Å². The summed E-state index contributed by atoms with van der Waals surface area (Å²) in [4.78, 5) is 37.1. The predicted molar refractivity (Wildman–Crippen MR) is 97.0 cm³/mol. The highest BCUT2D eigenvalue weighted by molar-refractivity contribution is 6.31. The first-order valence-electron chi connectivity index (χ1n) is 8.50. The second kappa shape index (κ2) is 7.66. The van der Waals surface area contributed by atoms with Crippen molar-refractivity contribution in [2.24, 2.45) is 5.92 Å². The number of fused-ring (bicyclic) bond motifs is 1. The first-order chi connectivity index (χ1) is 12.0. The van der Waals surface area contributed by atoms with Crippen LogP contribution in [0.3, 0.4) is 0 Å². The van der Waals surface area contributed by atoms with Crippen LogP contribution in [0.25, 0.3) is 0 Å². The monoisotopic (exact) mass is 381 g/mol. The number of nitrogens with one attached hydrogen (secondary N) is 1. The minimum absolute atomic E-state index is 0.181. The fraction of sp³-hybridized carbons (Fsp3) is 0.526. The van der Waals surface area contributed by atoms with Gasteiger partial charge >= 0.3 is 11.9 Å². The van der Waals surface area contributed by atoms with Crippen molar-refractivity contribution in [3.63, 3.8) is 0 Å². The summed E-state index contributed by atoms with van der Waals surface area (Å²) in [6.45, 7) is 8.89. The second-order valence-corrected chi connectivity index (χ2v) is 8.10. The van der Waals surface area contributed by atoms with Crippen LogP contribution in [0.2, 0.25) is 5.02 Å². The smallest absolute Gasteiger partial charge is 0.339 e. The maximum absolute atomic E-state index is 12.6. The summed E-state index contributed by atoms with van der Waals surface area (Å²) in [6.07, 6.45) is -0.775. The summed E-state index contributed by atoms with van der Waals surface area (Å²) in [6, 6.07) is 4.05. The van der Waals surface area contributed by atoms with Crippen molar-refractivity contribution in [3.8, 4) is 0 Å². The maximum Gasteiger partial charge on any atom is 0.339 e. The summed E-state index contributed by atoms with van der Waals surface area (Å²) in [7, 11) is 0. The van der Waals surface area contributed by atoms with Gasteiger partial charge in [-0.1, -0.05) is 31.5 Å². The molecule has 2 atom stereocenters. The molecule has 6 nitrogen and oxygen atoms in total. The van der Waals surface area contributed by atoms with Crippen LogP contribution in [-0.2, 0) is 25.5 Å². The van der Waals surface area contributed by atoms with Gasteiger partial charge in [0.05, 0.1) is 5.56 Å². The van der Waals surface area contributed by atoms with Crippen LogP contribution in [0.4, 0.5) is 0 Å². The topological polar surface area (TPSA) is 81.7 Å².